The number of aromatic nitrogens is 2. The van der Waals surface area contributed by atoms with Gasteiger partial charge in [-0.25, -0.2) is 18.4 Å². The van der Waals surface area contributed by atoms with Crippen LogP contribution in [0.3, 0.4) is 0 Å². The van der Waals surface area contributed by atoms with E-state index in [0.717, 1.165) is 12.1 Å². The summed E-state index contributed by atoms with van der Waals surface area (Å²) in [6, 6.07) is 11.6. The zero-order valence-corrected chi connectivity index (χ0v) is 16.1. The minimum Gasteiger partial charge on any atom is -0.391 e. The molecule has 2 heterocycles. The van der Waals surface area contributed by atoms with E-state index in [-0.39, 0.29) is 28.0 Å². The molecular formula is C19H18N4O5S. The molecule has 0 aliphatic carbocycles. The summed E-state index contributed by atoms with van der Waals surface area (Å²) in [7, 11) is -4.09. The maximum absolute atomic E-state index is 13.3. The monoisotopic (exact) mass is 414 g/mol. The molecule has 0 amide bonds. The minimum absolute atomic E-state index is 0.105. The van der Waals surface area contributed by atoms with Crippen LogP contribution in [-0.4, -0.2) is 47.6 Å². The highest BCUT2D eigenvalue weighted by Gasteiger charge is 2.30. The first kappa shape index (κ1) is 19.2. The van der Waals surface area contributed by atoms with Crippen LogP contribution in [-0.2, 0) is 9.84 Å². The number of nitro benzene ring substituents is 1. The van der Waals surface area contributed by atoms with Crippen molar-refractivity contribution in [1.29, 1.82) is 0 Å². The molecule has 4 rings (SSSR count). The molecule has 0 radical (unpaired) electrons. The van der Waals surface area contributed by atoms with Crippen LogP contribution < -0.4 is 4.90 Å². The number of nitrogens with zero attached hydrogens (tertiary/aromatic N) is 4. The van der Waals surface area contributed by atoms with Crippen LogP contribution in [0.4, 0.5) is 11.5 Å². The summed E-state index contributed by atoms with van der Waals surface area (Å²) in [4.78, 5) is 20.8. The summed E-state index contributed by atoms with van der Waals surface area (Å²) in [5, 5.41) is 20.7. The Labute approximate surface area is 166 Å². The van der Waals surface area contributed by atoms with E-state index in [1.165, 1.54) is 12.1 Å². The normalized spacial score (nSPS) is 17.4. The number of para-hydroxylation sites is 2. The second-order valence-electron chi connectivity index (χ2n) is 6.84. The number of non-ortho nitro benzene ring substituents is 1. The Bertz CT molecular complexity index is 1180. The molecule has 2 aromatic carbocycles. The van der Waals surface area contributed by atoms with Crippen molar-refractivity contribution in [3.05, 3.63) is 58.6 Å². The third-order valence-electron chi connectivity index (χ3n) is 4.83. The zero-order valence-electron chi connectivity index (χ0n) is 15.3. The lowest BCUT2D eigenvalue weighted by Gasteiger charge is -2.31. The number of rotatable bonds is 4. The van der Waals surface area contributed by atoms with Crippen molar-refractivity contribution in [2.45, 2.75) is 28.9 Å². The number of fused-ring (bicyclic) bond motifs is 1. The van der Waals surface area contributed by atoms with Crippen LogP contribution in [0.5, 0.6) is 0 Å². The van der Waals surface area contributed by atoms with E-state index in [2.05, 4.69) is 9.97 Å². The molecule has 1 aromatic heterocycles. The van der Waals surface area contributed by atoms with Crippen molar-refractivity contribution in [2.24, 2.45) is 0 Å². The largest absolute Gasteiger partial charge is 0.391 e. The quantitative estimate of drug-likeness (QED) is 0.509. The highest BCUT2D eigenvalue weighted by Crippen LogP contribution is 2.31. The smallest absolute Gasteiger partial charge is 0.269 e. The van der Waals surface area contributed by atoms with Gasteiger partial charge in [-0.3, -0.25) is 10.1 Å². The lowest BCUT2D eigenvalue weighted by molar-refractivity contribution is -0.384. The number of aliphatic hydroxyl groups excluding tert-OH is 1. The van der Waals surface area contributed by atoms with Crippen molar-refractivity contribution in [3.63, 3.8) is 0 Å². The van der Waals surface area contributed by atoms with Crippen LogP contribution >= 0.6 is 0 Å². The number of hydrogen-bond acceptors (Lipinski definition) is 8. The fourth-order valence-corrected chi connectivity index (χ4v) is 4.72. The average molecular weight is 414 g/mol. The van der Waals surface area contributed by atoms with Crippen LogP contribution in [0.1, 0.15) is 12.8 Å². The van der Waals surface area contributed by atoms with Gasteiger partial charge in [0.15, 0.2) is 5.82 Å². The standard InChI is InChI=1S/C19H18N4O5S/c24-14-4-3-11-22(12-14)18-19(21-17-6-2-1-5-16(17)20-18)29(27,28)15-9-7-13(8-10-15)23(25)26/h1-2,5-10,14,24H,3-4,11-12H2. The average Bonchev–Trinajstić information content (AvgIpc) is 2.73. The van der Waals surface area contributed by atoms with E-state index < -0.39 is 20.9 Å². The number of β-amino-alcohol motifs (C(OH)–C–C–N with tert-alkyl or cyclic N) is 1. The summed E-state index contributed by atoms with van der Waals surface area (Å²) in [6.45, 7) is 0.808. The first-order valence-electron chi connectivity index (χ1n) is 9.05. The fraction of sp³-hybridized carbons (Fsp3) is 0.263. The Hall–Kier alpha value is -3.11. The van der Waals surface area contributed by atoms with Crippen LogP contribution in [0, 0.1) is 10.1 Å². The molecule has 1 aliphatic heterocycles. The van der Waals surface area contributed by atoms with Gasteiger partial charge in [0, 0.05) is 25.2 Å². The van der Waals surface area contributed by atoms with Gasteiger partial charge in [0.25, 0.3) is 5.69 Å². The summed E-state index contributed by atoms with van der Waals surface area (Å²) in [6.07, 6.45) is 0.765. The number of hydrogen-bond donors (Lipinski definition) is 1. The third-order valence-corrected chi connectivity index (χ3v) is 6.51. The molecule has 1 saturated heterocycles. The summed E-state index contributed by atoms with van der Waals surface area (Å²) >= 11 is 0. The van der Waals surface area contributed by atoms with Gasteiger partial charge < -0.3 is 10.0 Å². The Morgan fingerprint density at radius 2 is 1.72 bits per heavy atom. The van der Waals surface area contributed by atoms with Gasteiger partial charge in [-0.1, -0.05) is 12.1 Å². The predicted molar refractivity (Wildman–Crippen MR) is 106 cm³/mol. The molecule has 150 valence electrons. The van der Waals surface area contributed by atoms with Crippen molar-refractivity contribution >= 4 is 32.4 Å². The maximum atomic E-state index is 13.3. The van der Waals surface area contributed by atoms with Gasteiger partial charge in [0.05, 0.1) is 27.0 Å². The van der Waals surface area contributed by atoms with E-state index in [4.69, 9.17) is 0 Å². The van der Waals surface area contributed by atoms with Crippen molar-refractivity contribution < 1.29 is 18.4 Å². The molecular weight excluding hydrogens is 396 g/mol. The second-order valence-corrected chi connectivity index (χ2v) is 8.70. The highest BCUT2D eigenvalue weighted by atomic mass is 32.2. The van der Waals surface area contributed by atoms with Gasteiger partial charge in [-0.05, 0) is 37.1 Å². The van der Waals surface area contributed by atoms with Gasteiger partial charge >= 0.3 is 0 Å². The first-order chi connectivity index (χ1) is 13.9. The third kappa shape index (κ3) is 3.64. The Kier molecular flexibility index (Phi) is 4.89. The molecule has 1 fully saturated rings. The summed E-state index contributed by atoms with van der Waals surface area (Å²) < 4.78 is 26.7. The van der Waals surface area contributed by atoms with E-state index in [1.54, 1.807) is 29.2 Å². The van der Waals surface area contributed by atoms with Gasteiger partial charge in [-0.2, -0.15) is 0 Å². The van der Waals surface area contributed by atoms with Gasteiger partial charge in [0.2, 0.25) is 14.9 Å². The number of nitro groups is 1. The van der Waals surface area contributed by atoms with Crippen molar-refractivity contribution in [2.75, 3.05) is 18.0 Å². The molecule has 1 aliphatic rings. The highest BCUT2D eigenvalue weighted by molar-refractivity contribution is 7.91. The molecule has 10 heteroatoms. The van der Waals surface area contributed by atoms with Crippen molar-refractivity contribution in [3.8, 4) is 0 Å². The van der Waals surface area contributed by atoms with Crippen LogP contribution in [0.15, 0.2) is 58.5 Å². The van der Waals surface area contributed by atoms with Crippen LogP contribution in [0.2, 0.25) is 0 Å². The Morgan fingerprint density at radius 3 is 2.34 bits per heavy atom. The summed E-state index contributed by atoms with van der Waals surface area (Å²) in [5.41, 5.74) is 0.771. The second kappa shape index (κ2) is 7.37. The zero-order chi connectivity index (χ0) is 20.6. The minimum atomic E-state index is -4.09. The Balaban J connectivity index is 1.88. The lowest BCUT2D eigenvalue weighted by Crippen LogP contribution is -2.39. The SMILES string of the molecule is O=[N+]([O-])c1ccc(S(=O)(=O)c2nc3ccccc3nc2N2CCCC(O)C2)cc1. The first-order valence-corrected chi connectivity index (χ1v) is 10.5. The molecule has 1 N–H and O–H groups in total. The number of sulfone groups is 1. The topological polar surface area (TPSA) is 127 Å². The van der Waals surface area contributed by atoms with E-state index in [9.17, 15) is 23.6 Å². The number of aliphatic hydroxyl groups is 1. The molecule has 29 heavy (non-hydrogen) atoms. The molecule has 0 saturated carbocycles. The van der Waals surface area contributed by atoms with Gasteiger partial charge in [-0.15, -0.1) is 0 Å². The molecule has 0 spiro atoms. The molecule has 0 bridgehead atoms. The number of piperidine rings is 1. The molecule has 9 nitrogen and oxygen atoms in total. The predicted octanol–water partition coefficient (Wildman–Crippen LogP) is 2.33. The summed E-state index contributed by atoms with van der Waals surface area (Å²) in [5.74, 6) is 0.181. The number of anilines is 1. The molecule has 1 atom stereocenters. The maximum Gasteiger partial charge on any atom is 0.269 e. The van der Waals surface area contributed by atoms with E-state index >= 15 is 0 Å². The Morgan fingerprint density at radius 1 is 1.07 bits per heavy atom. The van der Waals surface area contributed by atoms with E-state index in [0.29, 0.717) is 30.4 Å². The molecule has 1 unspecified atom stereocenters. The van der Waals surface area contributed by atoms with Crippen LogP contribution in [0.25, 0.3) is 11.0 Å². The van der Waals surface area contributed by atoms with Gasteiger partial charge in [0.1, 0.15) is 0 Å². The van der Waals surface area contributed by atoms with Crippen molar-refractivity contribution in [1.82, 2.24) is 9.97 Å². The van der Waals surface area contributed by atoms with E-state index in [1.807, 2.05) is 0 Å². The number of benzene rings is 2. The lowest BCUT2D eigenvalue weighted by atomic mass is 10.1. The molecule has 3 aromatic rings. The fourth-order valence-electron chi connectivity index (χ4n) is 3.37.